The van der Waals surface area contributed by atoms with Gasteiger partial charge < -0.3 is 4.52 Å². The zero-order chi connectivity index (χ0) is 17.1. The minimum atomic E-state index is -0.101. The summed E-state index contributed by atoms with van der Waals surface area (Å²) in [6.07, 6.45) is 0. The van der Waals surface area contributed by atoms with E-state index in [0.29, 0.717) is 16.7 Å². The summed E-state index contributed by atoms with van der Waals surface area (Å²) in [5, 5.41) is 4.84. The van der Waals surface area contributed by atoms with Crippen molar-refractivity contribution in [1.29, 1.82) is 0 Å². The molecule has 0 N–H and O–H groups in total. The van der Waals surface area contributed by atoms with Gasteiger partial charge in [-0.15, -0.1) is 0 Å². The van der Waals surface area contributed by atoms with E-state index in [1.54, 1.807) is 0 Å². The molecule has 4 rings (SSSR count). The lowest BCUT2D eigenvalue weighted by atomic mass is 9.91. The zero-order valence-corrected chi connectivity index (χ0v) is 14.1. The predicted octanol–water partition coefficient (Wildman–Crippen LogP) is 5.57. The first-order chi connectivity index (χ1) is 12.3. The molecule has 0 atom stereocenters. The van der Waals surface area contributed by atoms with Crippen molar-refractivity contribution in [2.24, 2.45) is 0 Å². The molecule has 0 saturated carbocycles. The Kier molecular flexibility index (Phi) is 4.32. The van der Waals surface area contributed by atoms with Gasteiger partial charge in [0.05, 0.1) is 5.92 Å². The van der Waals surface area contributed by atoms with E-state index in [0.717, 1.165) is 16.7 Å². The van der Waals surface area contributed by atoms with Gasteiger partial charge in [0.15, 0.2) is 0 Å². The molecule has 0 spiro atoms. The molecule has 0 aliphatic heterocycles. The molecule has 0 fully saturated rings. The van der Waals surface area contributed by atoms with Crippen LogP contribution in [0.25, 0.3) is 11.4 Å². The highest BCUT2D eigenvalue weighted by molar-refractivity contribution is 6.30. The number of hydrogen-bond donors (Lipinski definition) is 0. The molecule has 3 aromatic carbocycles. The summed E-state index contributed by atoms with van der Waals surface area (Å²) in [5.74, 6) is 1.03. The Morgan fingerprint density at radius 1 is 0.720 bits per heavy atom. The fraction of sp³-hybridized carbons (Fsp3) is 0.0476. The van der Waals surface area contributed by atoms with Crippen LogP contribution in [0, 0.1) is 0 Å². The molecule has 1 heterocycles. The molecule has 122 valence electrons. The molecule has 0 bridgehead atoms. The number of rotatable bonds is 4. The van der Waals surface area contributed by atoms with E-state index in [1.807, 2.05) is 60.7 Å². The van der Waals surface area contributed by atoms with E-state index in [9.17, 15) is 0 Å². The largest absolute Gasteiger partial charge is 0.338 e. The molecule has 0 saturated heterocycles. The molecule has 0 aliphatic carbocycles. The number of hydrogen-bond acceptors (Lipinski definition) is 3. The van der Waals surface area contributed by atoms with E-state index in [-0.39, 0.29) is 5.92 Å². The first kappa shape index (κ1) is 15.6. The van der Waals surface area contributed by atoms with Crippen LogP contribution in [0.3, 0.4) is 0 Å². The average molecular weight is 347 g/mol. The summed E-state index contributed by atoms with van der Waals surface area (Å²) in [4.78, 5) is 4.64. The highest BCUT2D eigenvalue weighted by Crippen LogP contribution is 2.32. The maximum absolute atomic E-state index is 5.95. The van der Waals surface area contributed by atoms with Gasteiger partial charge >= 0.3 is 0 Å². The molecule has 1 aromatic heterocycles. The Hall–Kier alpha value is -2.91. The van der Waals surface area contributed by atoms with Crippen molar-refractivity contribution in [2.75, 3.05) is 0 Å². The van der Waals surface area contributed by atoms with Gasteiger partial charge in [-0.05, 0) is 35.4 Å². The number of nitrogens with zero attached hydrogens (tertiary/aromatic N) is 2. The van der Waals surface area contributed by atoms with Crippen LogP contribution >= 0.6 is 11.6 Å². The van der Waals surface area contributed by atoms with Crippen LogP contribution in [0.1, 0.15) is 22.9 Å². The molecule has 0 unspecified atom stereocenters. The third-order valence-corrected chi connectivity index (χ3v) is 4.31. The van der Waals surface area contributed by atoms with Gasteiger partial charge in [-0.1, -0.05) is 77.4 Å². The van der Waals surface area contributed by atoms with Gasteiger partial charge in [-0.3, -0.25) is 0 Å². The summed E-state index contributed by atoms with van der Waals surface area (Å²) in [6, 6.07) is 27.8. The van der Waals surface area contributed by atoms with Gasteiger partial charge in [-0.2, -0.15) is 4.98 Å². The van der Waals surface area contributed by atoms with Crippen LogP contribution < -0.4 is 0 Å². The quantitative estimate of drug-likeness (QED) is 0.485. The molecule has 25 heavy (non-hydrogen) atoms. The normalized spacial score (nSPS) is 11.0. The summed E-state index contributed by atoms with van der Waals surface area (Å²) >= 11 is 5.95. The molecule has 4 heteroatoms. The summed E-state index contributed by atoms with van der Waals surface area (Å²) in [5.41, 5.74) is 3.10. The summed E-state index contributed by atoms with van der Waals surface area (Å²) in [6.45, 7) is 0. The molecule has 0 aliphatic rings. The van der Waals surface area contributed by atoms with Crippen molar-refractivity contribution < 1.29 is 4.52 Å². The van der Waals surface area contributed by atoms with Gasteiger partial charge in [0.1, 0.15) is 0 Å². The van der Waals surface area contributed by atoms with Crippen molar-refractivity contribution in [3.63, 3.8) is 0 Å². The first-order valence-electron chi connectivity index (χ1n) is 8.01. The smallest absolute Gasteiger partial charge is 0.238 e. The predicted molar refractivity (Wildman–Crippen MR) is 98.6 cm³/mol. The second kappa shape index (κ2) is 6.91. The Labute approximate surface area is 150 Å². The van der Waals surface area contributed by atoms with E-state index in [4.69, 9.17) is 16.1 Å². The van der Waals surface area contributed by atoms with Crippen molar-refractivity contribution in [1.82, 2.24) is 10.1 Å². The topological polar surface area (TPSA) is 38.9 Å². The lowest BCUT2D eigenvalue weighted by Crippen LogP contribution is -2.03. The Balaban J connectivity index is 1.77. The van der Waals surface area contributed by atoms with Gasteiger partial charge in [0.25, 0.3) is 0 Å². The number of aromatic nitrogens is 2. The lowest BCUT2D eigenvalue weighted by Gasteiger charge is -2.13. The highest BCUT2D eigenvalue weighted by Gasteiger charge is 2.23. The lowest BCUT2D eigenvalue weighted by molar-refractivity contribution is 0.375. The third kappa shape index (κ3) is 3.32. The fourth-order valence-electron chi connectivity index (χ4n) is 2.84. The Morgan fingerprint density at radius 2 is 1.28 bits per heavy atom. The van der Waals surface area contributed by atoms with Crippen LogP contribution in [0.5, 0.6) is 0 Å². The van der Waals surface area contributed by atoms with Gasteiger partial charge in [-0.25, -0.2) is 0 Å². The summed E-state index contributed by atoms with van der Waals surface area (Å²) < 4.78 is 5.63. The number of halogens is 1. The first-order valence-corrected chi connectivity index (χ1v) is 8.38. The highest BCUT2D eigenvalue weighted by atomic mass is 35.5. The third-order valence-electron chi connectivity index (χ3n) is 4.06. The second-order valence-electron chi connectivity index (χ2n) is 5.72. The molecular weight excluding hydrogens is 332 g/mol. The molecule has 3 nitrogen and oxygen atoms in total. The van der Waals surface area contributed by atoms with E-state index >= 15 is 0 Å². The van der Waals surface area contributed by atoms with Crippen molar-refractivity contribution in [3.05, 3.63) is 107 Å². The maximum atomic E-state index is 5.95. The molecular formula is C21H15ClN2O. The number of benzene rings is 3. The van der Waals surface area contributed by atoms with E-state index < -0.39 is 0 Å². The fourth-order valence-corrected chi connectivity index (χ4v) is 2.96. The second-order valence-corrected chi connectivity index (χ2v) is 6.15. The van der Waals surface area contributed by atoms with E-state index in [1.165, 1.54) is 0 Å². The minimum absolute atomic E-state index is 0.101. The molecule has 0 amide bonds. The van der Waals surface area contributed by atoms with Crippen molar-refractivity contribution in [2.45, 2.75) is 5.92 Å². The standard InChI is InChI=1S/C21H15ClN2O/c22-18-13-11-17(12-14-18)20-23-21(25-24-20)19(15-7-3-1-4-8-15)16-9-5-2-6-10-16/h1-14,19H. The Morgan fingerprint density at radius 3 is 1.84 bits per heavy atom. The van der Waals surface area contributed by atoms with Gasteiger partial charge in [0.2, 0.25) is 11.7 Å². The van der Waals surface area contributed by atoms with Crippen LogP contribution in [-0.2, 0) is 0 Å². The maximum Gasteiger partial charge on any atom is 0.238 e. The van der Waals surface area contributed by atoms with E-state index in [2.05, 4.69) is 34.4 Å². The van der Waals surface area contributed by atoms with Crippen LogP contribution in [-0.4, -0.2) is 10.1 Å². The zero-order valence-electron chi connectivity index (χ0n) is 13.3. The van der Waals surface area contributed by atoms with Gasteiger partial charge in [0, 0.05) is 10.6 Å². The monoisotopic (exact) mass is 346 g/mol. The average Bonchev–Trinajstić information content (AvgIpc) is 3.14. The van der Waals surface area contributed by atoms with Crippen LogP contribution in [0.4, 0.5) is 0 Å². The van der Waals surface area contributed by atoms with Crippen LogP contribution in [0.15, 0.2) is 89.5 Å². The SMILES string of the molecule is Clc1ccc(-c2noc(C(c3ccccc3)c3ccccc3)n2)cc1. The molecule has 0 radical (unpaired) electrons. The Bertz CT molecular complexity index is 911. The van der Waals surface area contributed by atoms with Crippen molar-refractivity contribution >= 4 is 11.6 Å². The minimum Gasteiger partial charge on any atom is -0.338 e. The van der Waals surface area contributed by atoms with Crippen molar-refractivity contribution in [3.8, 4) is 11.4 Å². The molecule has 4 aromatic rings. The summed E-state index contributed by atoms with van der Waals surface area (Å²) in [7, 11) is 0. The van der Waals surface area contributed by atoms with Crippen LogP contribution in [0.2, 0.25) is 5.02 Å².